The Kier molecular flexibility index (Phi) is 3.88. The lowest BCUT2D eigenvalue weighted by Gasteiger charge is -2.23. The van der Waals surface area contributed by atoms with Crippen LogP contribution in [0.4, 0.5) is 0 Å². The molecule has 94 valence electrons. The summed E-state index contributed by atoms with van der Waals surface area (Å²) in [4.78, 5) is 0. The lowest BCUT2D eigenvalue weighted by atomic mass is 10.0. The highest BCUT2D eigenvalue weighted by molar-refractivity contribution is 9.10. The van der Waals surface area contributed by atoms with Gasteiger partial charge in [-0.2, -0.15) is 0 Å². The van der Waals surface area contributed by atoms with Crippen LogP contribution in [-0.4, -0.2) is 36.1 Å². The number of fused-ring (bicyclic) bond motifs is 1. The molecule has 1 aromatic carbocycles. The highest BCUT2D eigenvalue weighted by Crippen LogP contribution is 2.40. The maximum absolute atomic E-state index is 9.91. The topological polar surface area (TPSA) is 84.9 Å². The molecule has 5 nitrogen and oxygen atoms in total. The molecule has 2 rings (SSSR count). The van der Waals surface area contributed by atoms with Crippen LogP contribution < -0.4 is 15.2 Å². The van der Waals surface area contributed by atoms with Gasteiger partial charge in [0.15, 0.2) is 11.5 Å². The molecule has 0 fully saturated rings. The predicted octanol–water partition coefficient (Wildman–Crippen LogP) is 0.573. The van der Waals surface area contributed by atoms with E-state index in [9.17, 15) is 5.11 Å². The minimum Gasteiger partial charge on any atom is -0.486 e. The van der Waals surface area contributed by atoms with Crippen LogP contribution in [0.5, 0.6) is 11.5 Å². The van der Waals surface area contributed by atoms with Crippen molar-refractivity contribution in [3.05, 3.63) is 22.2 Å². The Morgan fingerprint density at radius 2 is 2.06 bits per heavy atom. The van der Waals surface area contributed by atoms with E-state index in [1.54, 1.807) is 12.1 Å². The number of halogens is 1. The molecule has 1 aromatic rings. The van der Waals surface area contributed by atoms with Crippen molar-refractivity contribution in [1.29, 1.82) is 0 Å². The Morgan fingerprint density at radius 1 is 1.35 bits per heavy atom. The maximum atomic E-state index is 9.91. The maximum Gasteiger partial charge on any atom is 0.175 e. The van der Waals surface area contributed by atoms with Crippen LogP contribution in [-0.2, 0) is 0 Å². The van der Waals surface area contributed by atoms with E-state index >= 15 is 0 Å². The minimum atomic E-state index is -0.938. The van der Waals surface area contributed by atoms with Crippen LogP contribution in [0.25, 0.3) is 0 Å². The van der Waals surface area contributed by atoms with Gasteiger partial charge in [0.05, 0.1) is 23.2 Å². The number of nitrogens with two attached hydrogens (primary N) is 1. The van der Waals surface area contributed by atoms with Gasteiger partial charge in [-0.25, -0.2) is 0 Å². The number of benzene rings is 1. The second kappa shape index (κ2) is 5.22. The average Bonchev–Trinajstić information content (AvgIpc) is 2.37. The summed E-state index contributed by atoms with van der Waals surface area (Å²) in [6, 6.07) is 2.68. The van der Waals surface area contributed by atoms with Gasteiger partial charge in [-0.3, -0.25) is 0 Å². The molecule has 0 saturated heterocycles. The van der Waals surface area contributed by atoms with Gasteiger partial charge in [-0.1, -0.05) is 0 Å². The van der Waals surface area contributed by atoms with Crippen LogP contribution in [0.15, 0.2) is 16.6 Å². The molecule has 0 aromatic heterocycles. The van der Waals surface area contributed by atoms with Gasteiger partial charge in [-0.15, -0.1) is 0 Å². The van der Waals surface area contributed by atoms with Crippen molar-refractivity contribution in [1.82, 2.24) is 0 Å². The number of aliphatic hydroxyl groups is 2. The molecule has 0 saturated carbocycles. The summed E-state index contributed by atoms with van der Waals surface area (Å²) in [5.74, 6) is 1.20. The summed E-state index contributed by atoms with van der Waals surface area (Å²) < 4.78 is 11.6. The van der Waals surface area contributed by atoms with Crippen molar-refractivity contribution in [2.24, 2.45) is 5.73 Å². The highest BCUT2D eigenvalue weighted by Gasteiger charge is 2.22. The van der Waals surface area contributed by atoms with E-state index in [2.05, 4.69) is 15.9 Å². The molecule has 1 aliphatic rings. The molecule has 4 N–H and O–H groups in total. The van der Waals surface area contributed by atoms with Gasteiger partial charge in [0.1, 0.15) is 13.2 Å². The third-order valence-corrected chi connectivity index (χ3v) is 3.17. The normalized spacial score (nSPS) is 17.6. The van der Waals surface area contributed by atoms with Crippen molar-refractivity contribution in [2.75, 3.05) is 19.8 Å². The zero-order chi connectivity index (χ0) is 12.4. The smallest absolute Gasteiger partial charge is 0.175 e. The summed E-state index contributed by atoms with van der Waals surface area (Å²) in [5.41, 5.74) is 6.17. The third kappa shape index (κ3) is 2.55. The van der Waals surface area contributed by atoms with Gasteiger partial charge < -0.3 is 25.4 Å². The predicted molar refractivity (Wildman–Crippen MR) is 65.2 cm³/mol. The number of ether oxygens (including phenoxy) is 2. The Labute approximate surface area is 107 Å². The fourth-order valence-electron chi connectivity index (χ4n) is 1.65. The molecule has 0 amide bonds. The lowest BCUT2D eigenvalue weighted by Crippen LogP contribution is -2.32. The Morgan fingerprint density at radius 3 is 2.76 bits per heavy atom. The van der Waals surface area contributed by atoms with E-state index < -0.39 is 12.1 Å². The first-order valence-electron chi connectivity index (χ1n) is 5.27. The van der Waals surface area contributed by atoms with Gasteiger partial charge in [0, 0.05) is 0 Å². The van der Waals surface area contributed by atoms with Crippen LogP contribution in [0.2, 0.25) is 0 Å². The zero-order valence-corrected chi connectivity index (χ0v) is 10.7. The van der Waals surface area contributed by atoms with E-state index in [4.69, 9.17) is 20.3 Å². The number of rotatable bonds is 3. The SMILES string of the molecule is NC(CO)C(O)c1cc(Br)c2c(c1)OCCO2. The first-order chi connectivity index (χ1) is 8.13. The van der Waals surface area contributed by atoms with Crippen LogP contribution in [0, 0.1) is 0 Å². The lowest BCUT2D eigenvalue weighted by molar-refractivity contribution is 0.108. The van der Waals surface area contributed by atoms with E-state index in [0.717, 1.165) is 0 Å². The third-order valence-electron chi connectivity index (χ3n) is 2.58. The van der Waals surface area contributed by atoms with Crippen LogP contribution in [0.1, 0.15) is 11.7 Å². The monoisotopic (exact) mass is 303 g/mol. The molecular formula is C11H14BrNO4. The van der Waals surface area contributed by atoms with E-state index in [1.807, 2.05) is 0 Å². The van der Waals surface area contributed by atoms with Gasteiger partial charge in [0.2, 0.25) is 0 Å². The molecule has 0 radical (unpaired) electrons. The second-order valence-electron chi connectivity index (χ2n) is 3.82. The molecule has 6 heteroatoms. The molecule has 0 aliphatic carbocycles. The van der Waals surface area contributed by atoms with E-state index in [0.29, 0.717) is 34.7 Å². The fourth-order valence-corrected chi connectivity index (χ4v) is 2.22. The van der Waals surface area contributed by atoms with Crippen molar-refractivity contribution >= 4 is 15.9 Å². The molecule has 1 heterocycles. The van der Waals surface area contributed by atoms with Gasteiger partial charge >= 0.3 is 0 Å². The summed E-state index contributed by atoms with van der Waals surface area (Å²) in [5, 5.41) is 18.8. The summed E-state index contributed by atoms with van der Waals surface area (Å²) in [6.07, 6.45) is -0.938. The molecule has 0 spiro atoms. The molecular weight excluding hydrogens is 290 g/mol. The van der Waals surface area contributed by atoms with E-state index in [-0.39, 0.29) is 6.61 Å². The molecule has 0 bridgehead atoms. The van der Waals surface area contributed by atoms with Crippen molar-refractivity contribution in [3.63, 3.8) is 0 Å². The largest absolute Gasteiger partial charge is 0.486 e. The zero-order valence-electron chi connectivity index (χ0n) is 9.10. The average molecular weight is 304 g/mol. The van der Waals surface area contributed by atoms with Crippen molar-refractivity contribution < 1.29 is 19.7 Å². The Bertz CT molecular complexity index is 413. The second-order valence-corrected chi connectivity index (χ2v) is 4.67. The van der Waals surface area contributed by atoms with Crippen molar-refractivity contribution in [2.45, 2.75) is 12.1 Å². The molecule has 2 atom stereocenters. The van der Waals surface area contributed by atoms with Gasteiger partial charge in [0.25, 0.3) is 0 Å². The highest BCUT2D eigenvalue weighted by atomic mass is 79.9. The summed E-state index contributed by atoms with van der Waals surface area (Å²) in [6.45, 7) is 0.696. The molecule has 17 heavy (non-hydrogen) atoms. The Balaban J connectivity index is 2.33. The molecule has 1 aliphatic heterocycles. The van der Waals surface area contributed by atoms with Gasteiger partial charge in [-0.05, 0) is 33.6 Å². The quantitative estimate of drug-likeness (QED) is 0.760. The van der Waals surface area contributed by atoms with Crippen LogP contribution in [0.3, 0.4) is 0 Å². The first-order valence-corrected chi connectivity index (χ1v) is 6.06. The fraction of sp³-hybridized carbons (Fsp3) is 0.455. The number of hydrogen-bond donors (Lipinski definition) is 3. The molecule has 2 unspecified atom stereocenters. The standard InChI is InChI=1S/C11H14BrNO4/c12-7-3-6(10(15)8(13)5-14)4-9-11(7)17-2-1-16-9/h3-4,8,10,14-15H,1-2,5,13H2. The van der Waals surface area contributed by atoms with E-state index in [1.165, 1.54) is 0 Å². The Hall–Kier alpha value is -0.820. The minimum absolute atomic E-state index is 0.284. The van der Waals surface area contributed by atoms with Crippen LogP contribution >= 0.6 is 15.9 Å². The van der Waals surface area contributed by atoms with Crippen molar-refractivity contribution in [3.8, 4) is 11.5 Å². The first kappa shape index (κ1) is 12.6. The summed E-state index contributed by atoms with van der Waals surface area (Å²) >= 11 is 3.35. The summed E-state index contributed by atoms with van der Waals surface area (Å²) in [7, 11) is 0. The number of hydrogen-bond acceptors (Lipinski definition) is 5. The number of aliphatic hydroxyl groups excluding tert-OH is 2.